The Hall–Kier alpha value is -2.12. The summed E-state index contributed by atoms with van der Waals surface area (Å²) in [6.45, 7) is 3.70. The van der Waals surface area contributed by atoms with Crippen molar-refractivity contribution in [2.24, 2.45) is 0 Å². The number of hydrogen-bond acceptors (Lipinski definition) is 6. The van der Waals surface area contributed by atoms with E-state index in [1.807, 2.05) is 0 Å². The summed E-state index contributed by atoms with van der Waals surface area (Å²) in [6, 6.07) is 4.90. The van der Waals surface area contributed by atoms with E-state index in [1.54, 1.807) is 25.1 Å². The molecule has 0 aliphatic carbocycles. The number of benzene rings is 1. The molecule has 0 saturated heterocycles. The van der Waals surface area contributed by atoms with Crippen LogP contribution in [-0.4, -0.2) is 48.1 Å². The molecule has 1 atom stereocenters. The van der Waals surface area contributed by atoms with E-state index in [0.717, 1.165) is 12.8 Å². The number of rotatable bonds is 22. The highest BCUT2D eigenvalue weighted by Gasteiger charge is 2.16. The van der Waals surface area contributed by atoms with Crippen molar-refractivity contribution in [2.75, 3.05) is 19.8 Å². The van der Waals surface area contributed by atoms with Gasteiger partial charge in [0.15, 0.2) is 0 Å². The molecule has 0 radical (unpaired) electrons. The van der Waals surface area contributed by atoms with Gasteiger partial charge in [-0.1, -0.05) is 109 Å². The van der Waals surface area contributed by atoms with E-state index in [1.165, 1.54) is 89.9 Å². The summed E-state index contributed by atoms with van der Waals surface area (Å²) in [7, 11) is 0. The van der Waals surface area contributed by atoms with Crippen molar-refractivity contribution in [3.8, 4) is 5.75 Å². The van der Waals surface area contributed by atoms with Gasteiger partial charge in [-0.2, -0.15) is 0 Å². The second-order valence-corrected chi connectivity index (χ2v) is 9.99. The molecule has 1 aromatic carbocycles. The molecule has 7 heteroatoms. The maximum atomic E-state index is 12.6. The van der Waals surface area contributed by atoms with Gasteiger partial charge in [-0.05, 0) is 25.5 Å². The van der Waals surface area contributed by atoms with Crippen LogP contribution in [-0.2, 0) is 4.74 Å². The predicted molar refractivity (Wildman–Crippen MR) is 148 cm³/mol. The van der Waals surface area contributed by atoms with Crippen LogP contribution >= 0.6 is 0 Å². The van der Waals surface area contributed by atoms with Gasteiger partial charge in [-0.15, -0.1) is 0 Å². The maximum Gasteiger partial charge on any atom is 0.513 e. The van der Waals surface area contributed by atoms with Gasteiger partial charge in [0.2, 0.25) is 0 Å². The van der Waals surface area contributed by atoms with Crippen LogP contribution < -0.4 is 10.1 Å². The number of ether oxygens (including phenoxy) is 2. The lowest BCUT2D eigenvalue weighted by Gasteiger charge is -2.13. The molecule has 0 aliphatic heterocycles. The minimum atomic E-state index is -1.16. The highest BCUT2D eigenvalue weighted by molar-refractivity contribution is 5.96. The fraction of sp³-hybridized carbons (Fsp3) is 0.733. The van der Waals surface area contributed by atoms with Gasteiger partial charge in [-0.25, -0.2) is 4.79 Å². The van der Waals surface area contributed by atoms with Gasteiger partial charge >= 0.3 is 6.16 Å². The summed E-state index contributed by atoms with van der Waals surface area (Å²) in [5.41, 5.74) is 0.976. The Labute approximate surface area is 224 Å². The number of nitrogens with one attached hydrogen (secondary N) is 1. The first-order chi connectivity index (χ1) is 18.0. The zero-order chi connectivity index (χ0) is 27.1. The Morgan fingerprint density at radius 3 is 1.86 bits per heavy atom. The molecule has 212 valence electrons. The van der Waals surface area contributed by atoms with Gasteiger partial charge < -0.3 is 25.0 Å². The van der Waals surface area contributed by atoms with Crippen molar-refractivity contribution in [1.29, 1.82) is 0 Å². The Balaban J connectivity index is 2.08. The summed E-state index contributed by atoms with van der Waals surface area (Å²) in [4.78, 5) is 24.3. The molecular weight excluding hydrogens is 470 g/mol. The van der Waals surface area contributed by atoms with E-state index in [4.69, 9.17) is 14.6 Å². The van der Waals surface area contributed by atoms with Crippen LogP contribution in [0.1, 0.15) is 126 Å². The minimum Gasteiger partial charge on any atom is -0.431 e. The molecule has 0 aromatic heterocycles. The molecule has 0 saturated carbocycles. The lowest BCUT2D eigenvalue weighted by Crippen LogP contribution is -2.26. The Kier molecular flexibility index (Phi) is 19.5. The van der Waals surface area contributed by atoms with Gasteiger partial charge in [-0.3, -0.25) is 4.79 Å². The quantitative estimate of drug-likeness (QED) is 0.0875. The summed E-state index contributed by atoms with van der Waals surface area (Å²) in [6.07, 6.45) is 18.9. The molecule has 0 heterocycles. The number of unbranched alkanes of at least 4 members (excludes halogenated alkanes) is 15. The molecule has 0 spiro atoms. The van der Waals surface area contributed by atoms with E-state index >= 15 is 0 Å². The SMILES string of the molecule is CCCCCCCCCCCCCCCCCCNC(=O)c1cccc(OC(=O)OCC(O)CO)c1C. The molecule has 1 aromatic rings. The van der Waals surface area contributed by atoms with E-state index in [2.05, 4.69) is 12.2 Å². The molecule has 1 rings (SSSR count). The summed E-state index contributed by atoms with van der Waals surface area (Å²) in [5.74, 6) is 0.0199. The lowest BCUT2D eigenvalue weighted by atomic mass is 10.0. The lowest BCUT2D eigenvalue weighted by molar-refractivity contribution is 0.0175. The van der Waals surface area contributed by atoms with Crippen molar-refractivity contribution < 1.29 is 29.3 Å². The fourth-order valence-corrected chi connectivity index (χ4v) is 4.28. The third kappa shape index (κ3) is 16.4. The van der Waals surface area contributed by atoms with Crippen molar-refractivity contribution >= 4 is 12.1 Å². The van der Waals surface area contributed by atoms with Crippen LogP contribution in [0.2, 0.25) is 0 Å². The maximum absolute atomic E-state index is 12.6. The minimum absolute atomic E-state index is 0.201. The number of aliphatic hydroxyl groups is 2. The molecule has 1 unspecified atom stereocenters. The van der Waals surface area contributed by atoms with E-state index in [-0.39, 0.29) is 18.3 Å². The summed E-state index contributed by atoms with van der Waals surface area (Å²) < 4.78 is 9.88. The monoisotopic (exact) mass is 521 g/mol. The van der Waals surface area contributed by atoms with Crippen molar-refractivity contribution in [2.45, 2.75) is 123 Å². The molecular formula is C30H51NO6. The van der Waals surface area contributed by atoms with Gasteiger partial charge in [0.1, 0.15) is 18.5 Å². The average Bonchev–Trinajstić information content (AvgIpc) is 2.90. The van der Waals surface area contributed by atoms with Gasteiger partial charge in [0.05, 0.1) is 6.61 Å². The van der Waals surface area contributed by atoms with E-state index in [9.17, 15) is 14.7 Å². The van der Waals surface area contributed by atoms with E-state index < -0.39 is 18.9 Å². The largest absolute Gasteiger partial charge is 0.513 e. The number of hydrogen-bond donors (Lipinski definition) is 3. The van der Waals surface area contributed by atoms with Crippen molar-refractivity contribution in [3.05, 3.63) is 29.3 Å². The zero-order valence-corrected chi connectivity index (χ0v) is 23.3. The molecule has 0 aliphatic rings. The highest BCUT2D eigenvalue weighted by Crippen LogP contribution is 2.22. The first kappa shape index (κ1) is 32.9. The third-order valence-corrected chi connectivity index (χ3v) is 6.64. The molecule has 7 nitrogen and oxygen atoms in total. The number of aliphatic hydroxyl groups excluding tert-OH is 2. The standard InChI is InChI=1S/C30H51NO6/c1-3-4-5-6-7-8-9-10-11-12-13-14-15-16-17-18-22-31-29(34)27-20-19-21-28(25(27)2)37-30(35)36-24-26(33)23-32/h19-21,26,32-33H,3-18,22-24H2,1-2H3,(H,31,34). The molecule has 3 N–H and O–H groups in total. The van der Waals surface area contributed by atoms with Crippen LogP contribution in [0.5, 0.6) is 5.75 Å². The van der Waals surface area contributed by atoms with Crippen LogP contribution in [0.4, 0.5) is 4.79 Å². The van der Waals surface area contributed by atoms with Crippen LogP contribution in [0.25, 0.3) is 0 Å². The van der Waals surface area contributed by atoms with Crippen LogP contribution in [0, 0.1) is 6.92 Å². The number of carbonyl (C=O) groups is 2. The molecule has 1 amide bonds. The van der Waals surface area contributed by atoms with Crippen LogP contribution in [0.3, 0.4) is 0 Å². The molecule has 0 bridgehead atoms. The topological polar surface area (TPSA) is 105 Å². The summed E-state index contributed by atoms with van der Waals surface area (Å²) >= 11 is 0. The first-order valence-corrected chi connectivity index (χ1v) is 14.5. The highest BCUT2D eigenvalue weighted by atomic mass is 16.7. The van der Waals surface area contributed by atoms with Crippen molar-refractivity contribution in [3.63, 3.8) is 0 Å². The van der Waals surface area contributed by atoms with E-state index in [0.29, 0.717) is 17.7 Å². The smallest absolute Gasteiger partial charge is 0.431 e. The second kappa shape index (κ2) is 21.9. The number of amides is 1. The normalized spacial score (nSPS) is 11.8. The predicted octanol–water partition coefficient (Wildman–Crippen LogP) is 6.85. The average molecular weight is 522 g/mol. The molecule has 0 fully saturated rings. The zero-order valence-electron chi connectivity index (χ0n) is 23.3. The second-order valence-electron chi connectivity index (χ2n) is 9.99. The van der Waals surface area contributed by atoms with Crippen LogP contribution in [0.15, 0.2) is 18.2 Å². The fourth-order valence-electron chi connectivity index (χ4n) is 4.28. The Morgan fingerprint density at radius 1 is 0.838 bits per heavy atom. The third-order valence-electron chi connectivity index (χ3n) is 6.64. The number of carbonyl (C=O) groups excluding carboxylic acids is 2. The summed E-state index contributed by atoms with van der Waals surface area (Å²) in [5, 5.41) is 21.0. The van der Waals surface area contributed by atoms with Gasteiger partial charge in [0, 0.05) is 17.7 Å². The van der Waals surface area contributed by atoms with Gasteiger partial charge in [0.25, 0.3) is 5.91 Å². The molecule has 37 heavy (non-hydrogen) atoms. The Bertz CT molecular complexity index is 739. The van der Waals surface area contributed by atoms with Crippen molar-refractivity contribution in [1.82, 2.24) is 5.32 Å². The first-order valence-electron chi connectivity index (χ1n) is 14.5. The Morgan fingerprint density at radius 2 is 1.35 bits per heavy atom.